The Hall–Kier alpha value is -0.610. The van der Waals surface area contributed by atoms with Crippen LogP contribution in [0.4, 0.5) is 0 Å². The van der Waals surface area contributed by atoms with E-state index >= 15 is 0 Å². The minimum Gasteiger partial charge on any atom is -0.392 e. The third-order valence-electron chi connectivity index (χ3n) is 3.10. The summed E-state index contributed by atoms with van der Waals surface area (Å²) in [7, 11) is 0. The van der Waals surface area contributed by atoms with E-state index in [9.17, 15) is 9.90 Å². The molecular weight excluding hydrogens is 180 g/mol. The molecule has 0 spiro atoms. The standard InChI is InChI=1S/C10H18N2O2/c1-8(13)6-11-4-5-12-9(7-11)2-3-10(12)14/h8-9,13H,2-7H2,1H3. The second-order valence-corrected chi connectivity index (χ2v) is 4.39. The molecular formula is C10H18N2O2. The van der Waals surface area contributed by atoms with Crippen molar-refractivity contribution in [1.29, 1.82) is 0 Å². The molecule has 0 radical (unpaired) electrons. The Kier molecular flexibility index (Phi) is 2.74. The van der Waals surface area contributed by atoms with Crippen LogP contribution in [0.15, 0.2) is 0 Å². The van der Waals surface area contributed by atoms with E-state index in [1.54, 1.807) is 0 Å². The second-order valence-electron chi connectivity index (χ2n) is 4.39. The van der Waals surface area contributed by atoms with E-state index in [1.807, 2.05) is 11.8 Å². The van der Waals surface area contributed by atoms with Crippen LogP contribution in [0.2, 0.25) is 0 Å². The first kappa shape index (κ1) is 9.93. The first-order valence-corrected chi connectivity index (χ1v) is 5.36. The van der Waals surface area contributed by atoms with Crippen LogP contribution in [0, 0.1) is 0 Å². The molecule has 2 rings (SSSR count). The molecule has 2 atom stereocenters. The summed E-state index contributed by atoms with van der Waals surface area (Å²) in [6, 6.07) is 0.412. The Morgan fingerprint density at radius 2 is 2.36 bits per heavy atom. The van der Waals surface area contributed by atoms with Crippen LogP contribution in [-0.4, -0.2) is 59.1 Å². The first-order valence-electron chi connectivity index (χ1n) is 5.36. The highest BCUT2D eigenvalue weighted by atomic mass is 16.3. The van der Waals surface area contributed by atoms with Gasteiger partial charge in [0.25, 0.3) is 0 Å². The van der Waals surface area contributed by atoms with Gasteiger partial charge in [0.2, 0.25) is 5.91 Å². The number of aliphatic hydroxyl groups is 1. The van der Waals surface area contributed by atoms with Gasteiger partial charge in [0.1, 0.15) is 0 Å². The smallest absolute Gasteiger partial charge is 0.222 e. The third-order valence-corrected chi connectivity index (χ3v) is 3.10. The number of β-amino-alcohol motifs (C(OH)–C–C–N with tert-alkyl or cyclic N) is 1. The molecule has 2 unspecified atom stereocenters. The predicted octanol–water partition coefficient (Wildman–Crippen LogP) is -0.326. The molecule has 4 heteroatoms. The number of carbonyl (C=O) groups excluding carboxylic acids is 1. The third kappa shape index (κ3) is 1.91. The molecule has 80 valence electrons. The van der Waals surface area contributed by atoms with Crippen molar-refractivity contribution >= 4 is 5.91 Å². The fourth-order valence-corrected chi connectivity index (χ4v) is 2.47. The van der Waals surface area contributed by atoms with Gasteiger partial charge in [0.15, 0.2) is 0 Å². The van der Waals surface area contributed by atoms with Crippen molar-refractivity contribution < 1.29 is 9.90 Å². The van der Waals surface area contributed by atoms with Crippen molar-refractivity contribution in [1.82, 2.24) is 9.80 Å². The topological polar surface area (TPSA) is 43.8 Å². The monoisotopic (exact) mass is 198 g/mol. The first-order chi connectivity index (χ1) is 6.66. The molecule has 14 heavy (non-hydrogen) atoms. The Labute approximate surface area is 84.5 Å². The van der Waals surface area contributed by atoms with E-state index in [0.29, 0.717) is 18.4 Å². The number of hydrogen-bond acceptors (Lipinski definition) is 3. The van der Waals surface area contributed by atoms with Gasteiger partial charge in [-0.1, -0.05) is 0 Å². The number of aliphatic hydroxyl groups excluding tert-OH is 1. The van der Waals surface area contributed by atoms with Gasteiger partial charge in [-0.15, -0.1) is 0 Å². The van der Waals surface area contributed by atoms with Crippen LogP contribution in [-0.2, 0) is 4.79 Å². The molecule has 0 aliphatic carbocycles. The summed E-state index contributed by atoms with van der Waals surface area (Å²) in [4.78, 5) is 15.6. The molecule has 0 saturated carbocycles. The van der Waals surface area contributed by atoms with E-state index in [4.69, 9.17) is 0 Å². The van der Waals surface area contributed by atoms with Crippen LogP contribution in [0.25, 0.3) is 0 Å². The maximum absolute atomic E-state index is 11.4. The largest absolute Gasteiger partial charge is 0.392 e. The fourth-order valence-electron chi connectivity index (χ4n) is 2.47. The number of carbonyl (C=O) groups is 1. The van der Waals surface area contributed by atoms with Crippen molar-refractivity contribution in [2.24, 2.45) is 0 Å². The van der Waals surface area contributed by atoms with E-state index in [2.05, 4.69) is 4.90 Å². The molecule has 0 bridgehead atoms. The van der Waals surface area contributed by atoms with E-state index in [0.717, 1.165) is 32.6 Å². The van der Waals surface area contributed by atoms with Crippen molar-refractivity contribution in [2.45, 2.75) is 31.9 Å². The number of amides is 1. The zero-order valence-corrected chi connectivity index (χ0v) is 8.65. The van der Waals surface area contributed by atoms with Crippen molar-refractivity contribution in [3.05, 3.63) is 0 Å². The van der Waals surface area contributed by atoms with Gasteiger partial charge in [-0.3, -0.25) is 9.69 Å². The fraction of sp³-hybridized carbons (Fsp3) is 0.900. The van der Waals surface area contributed by atoms with E-state index < -0.39 is 0 Å². The minimum atomic E-state index is -0.265. The van der Waals surface area contributed by atoms with Gasteiger partial charge >= 0.3 is 0 Å². The summed E-state index contributed by atoms with van der Waals surface area (Å²) in [5, 5.41) is 9.27. The van der Waals surface area contributed by atoms with Gasteiger partial charge in [-0.25, -0.2) is 0 Å². The van der Waals surface area contributed by atoms with Crippen LogP contribution in [0.1, 0.15) is 19.8 Å². The zero-order valence-electron chi connectivity index (χ0n) is 8.65. The maximum atomic E-state index is 11.4. The summed E-state index contributed by atoms with van der Waals surface area (Å²) in [5.74, 6) is 0.312. The molecule has 1 N–H and O–H groups in total. The summed E-state index contributed by atoms with van der Waals surface area (Å²) in [6.45, 7) is 5.24. The average Bonchev–Trinajstić information content (AvgIpc) is 2.46. The van der Waals surface area contributed by atoms with Gasteiger partial charge in [-0.2, -0.15) is 0 Å². The summed E-state index contributed by atoms with van der Waals surface area (Å²) >= 11 is 0. The molecule has 2 fully saturated rings. The van der Waals surface area contributed by atoms with Crippen LogP contribution >= 0.6 is 0 Å². The summed E-state index contributed by atoms with van der Waals surface area (Å²) < 4.78 is 0. The Balaban J connectivity index is 1.89. The highest BCUT2D eigenvalue weighted by Gasteiger charge is 2.35. The summed E-state index contributed by atoms with van der Waals surface area (Å²) in [5.41, 5.74) is 0. The van der Waals surface area contributed by atoms with Crippen molar-refractivity contribution in [3.8, 4) is 0 Å². The second kappa shape index (κ2) is 3.87. The van der Waals surface area contributed by atoms with Gasteiger partial charge in [0.05, 0.1) is 6.10 Å². The van der Waals surface area contributed by atoms with E-state index in [1.165, 1.54) is 0 Å². The number of hydrogen-bond donors (Lipinski definition) is 1. The van der Waals surface area contributed by atoms with E-state index in [-0.39, 0.29) is 6.10 Å². The molecule has 2 aliphatic rings. The molecule has 0 aromatic heterocycles. The molecule has 0 aromatic carbocycles. The SMILES string of the molecule is CC(O)CN1CCN2C(=O)CCC2C1. The Morgan fingerprint density at radius 1 is 1.57 bits per heavy atom. The van der Waals surface area contributed by atoms with Crippen molar-refractivity contribution in [2.75, 3.05) is 26.2 Å². The highest BCUT2D eigenvalue weighted by molar-refractivity contribution is 5.78. The lowest BCUT2D eigenvalue weighted by atomic mass is 10.1. The zero-order chi connectivity index (χ0) is 10.1. The predicted molar refractivity (Wildman–Crippen MR) is 52.9 cm³/mol. The lowest BCUT2D eigenvalue weighted by Crippen LogP contribution is -2.52. The quantitative estimate of drug-likeness (QED) is 0.661. The highest BCUT2D eigenvalue weighted by Crippen LogP contribution is 2.22. The van der Waals surface area contributed by atoms with Gasteiger partial charge < -0.3 is 10.0 Å². The lowest BCUT2D eigenvalue weighted by Gasteiger charge is -2.37. The number of piperazine rings is 1. The lowest BCUT2D eigenvalue weighted by molar-refractivity contribution is -0.130. The molecule has 2 heterocycles. The Morgan fingerprint density at radius 3 is 3.07 bits per heavy atom. The number of rotatable bonds is 2. The van der Waals surface area contributed by atoms with Crippen LogP contribution < -0.4 is 0 Å². The molecule has 4 nitrogen and oxygen atoms in total. The van der Waals surface area contributed by atoms with Gasteiger partial charge in [0, 0.05) is 38.6 Å². The summed E-state index contributed by atoms with van der Waals surface area (Å²) in [6.07, 6.45) is 1.45. The van der Waals surface area contributed by atoms with Crippen LogP contribution in [0.5, 0.6) is 0 Å². The van der Waals surface area contributed by atoms with Crippen molar-refractivity contribution in [3.63, 3.8) is 0 Å². The normalized spacial score (nSPS) is 30.6. The van der Waals surface area contributed by atoms with Crippen LogP contribution in [0.3, 0.4) is 0 Å². The average molecular weight is 198 g/mol. The minimum absolute atomic E-state index is 0.265. The molecule has 2 saturated heterocycles. The Bertz CT molecular complexity index is 230. The van der Waals surface area contributed by atoms with Gasteiger partial charge in [-0.05, 0) is 13.3 Å². The number of nitrogens with zero attached hydrogens (tertiary/aromatic N) is 2. The maximum Gasteiger partial charge on any atom is 0.222 e. The molecule has 1 amide bonds. The molecule has 0 aromatic rings. The molecule has 2 aliphatic heterocycles. The number of fused-ring (bicyclic) bond motifs is 1.